The van der Waals surface area contributed by atoms with Gasteiger partial charge in [0.2, 0.25) is 5.91 Å². The Hall–Kier alpha value is -1.55. The van der Waals surface area contributed by atoms with E-state index >= 15 is 0 Å². The van der Waals surface area contributed by atoms with E-state index in [0.717, 1.165) is 51.1 Å². The van der Waals surface area contributed by atoms with Crippen LogP contribution in [0, 0.1) is 5.92 Å². The molecule has 1 N–H and O–H groups in total. The summed E-state index contributed by atoms with van der Waals surface area (Å²) >= 11 is 0. The molecule has 1 aromatic rings. The number of aryl methyl sites for hydroxylation is 1. The minimum atomic E-state index is 0.214. The van der Waals surface area contributed by atoms with Crippen molar-refractivity contribution in [1.82, 2.24) is 10.2 Å². The maximum atomic E-state index is 12.0. The third kappa shape index (κ3) is 6.61. The number of carbonyl (C=O) groups excluding carboxylic acids is 1. The number of piperidine rings is 1. The lowest BCUT2D eigenvalue weighted by atomic mass is 9.93. The maximum Gasteiger partial charge on any atom is 0.220 e. The molecule has 1 amide bonds. The van der Waals surface area contributed by atoms with Crippen molar-refractivity contribution in [2.24, 2.45) is 5.92 Å². The summed E-state index contributed by atoms with van der Waals surface area (Å²) in [5, 5.41) is 3.07. The summed E-state index contributed by atoms with van der Waals surface area (Å²) in [5.41, 5.74) is 1.29. The average Bonchev–Trinajstić information content (AvgIpc) is 2.55. The lowest BCUT2D eigenvalue weighted by molar-refractivity contribution is -0.122. The Bertz CT molecular complexity index is 465. The number of likely N-dealkylation sites (tertiary alicyclic amines) is 1. The molecule has 1 aromatic carbocycles. The maximum absolute atomic E-state index is 12.0. The SMILES string of the molecule is CCOc1ccc(CCCNC(=O)CC2CCN(C)CC2)cc1. The molecule has 0 aliphatic carbocycles. The predicted molar refractivity (Wildman–Crippen MR) is 93.8 cm³/mol. The van der Waals surface area contributed by atoms with Gasteiger partial charge in [-0.2, -0.15) is 0 Å². The lowest BCUT2D eigenvalue weighted by Crippen LogP contribution is -2.33. The van der Waals surface area contributed by atoms with E-state index in [2.05, 4.69) is 29.4 Å². The summed E-state index contributed by atoms with van der Waals surface area (Å²) in [6.45, 7) is 5.69. The Labute approximate surface area is 140 Å². The molecule has 1 aliphatic rings. The molecule has 1 heterocycles. The third-order valence-corrected chi connectivity index (χ3v) is 4.51. The zero-order chi connectivity index (χ0) is 16.5. The van der Waals surface area contributed by atoms with E-state index < -0.39 is 0 Å². The van der Waals surface area contributed by atoms with Crippen molar-refractivity contribution in [2.75, 3.05) is 33.3 Å². The second kappa shape index (κ2) is 9.56. The number of hydrogen-bond acceptors (Lipinski definition) is 3. The van der Waals surface area contributed by atoms with Gasteiger partial charge in [0.05, 0.1) is 6.61 Å². The van der Waals surface area contributed by atoms with Crippen LogP contribution in [0.25, 0.3) is 0 Å². The second-order valence-electron chi connectivity index (χ2n) is 6.48. The van der Waals surface area contributed by atoms with Gasteiger partial charge >= 0.3 is 0 Å². The molecule has 23 heavy (non-hydrogen) atoms. The number of benzene rings is 1. The van der Waals surface area contributed by atoms with Gasteiger partial charge in [-0.3, -0.25) is 4.79 Å². The van der Waals surface area contributed by atoms with Gasteiger partial charge in [-0.1, -0.05) is 12.1 Å². The van der Waals surface area contributed by atoms with Crippen LogP contribution in [-0.2, 0) is 11.2 Å². The predicted octanol–water partition coefficient (Wildman–Crippen LogP) is 2.87. The Balaban J connectivity index is 1.58. The van der Waals surface area contributed by atoms with E-state index in [9.17, 15) is 4.79 Å². The minimum absolute atomic E-state index is 0.214. The highest BCUT2D eigenvalue weighted by atomic mass is 16.5. The van der Waals surface area contributed by atoms with Crippen molar-refractivity contribution in [3.8, 4) is 5.75 Å². The summed E-state index contributed by atoms with van der Waals surface area (Å²) in [6.07, 6.45) is 4.96. The van der Waals surface area contributed by atoms with Crippen molar-refractivity contribution in [3.05, 3.63) is 29.8 Å². The van der Waals surface area contributed by atoms with E-state index in [0.29, 0.717) is 18.9 Å². The topological polar surface area (TPSA) is 41.6 Å². The molecule has 0 aromatic heterocycles. The molecule has 1 aliphatic heterocycles. The van der Waals surface area contributed by atoms with Gasteiger partial charge < -0.3 is 15.0 Å². The molecule has 0 spiro atoms. The number of nitrogens with one attached hydrogen (secondary N) is 1. The summed E-state index contributed by atoms with van der Waals surface area (Å²) in [7, 11) is 2.15. The van der Waals surface area contributed by atoms with Crippen LogP contribution < -0.4 is 10.1 Å². The van der Waals surface area contributed by atoms with E-state index in [1.807, 2.05) is 19.1 Å². The molecule has 0 saturated carbocycles. The summed E-state index contributed by atoms with van der Waals surface area (Å²) < 4.78 is 5.44. The van der Waals surface area contributed by atoms with Crippen LogP contribution in [0.4, 0.5) is 0 Å². The fraction of sp³-hybridized carbons (Fsp3) is 0.632. The largest absolute Gasteiger partial charge is 0.494 e. The third-order valence-electron chi connectivity index (χ3n) is 4.51. The van der Waals surface area contributed by atoms with Gasteiger partial charge in [0.1, 0.15) is 5.75 Å². The number of hydrogen-bond donors (Lipinski definition) is 1. The molecular weight excluding hydrogens is 288 g/mol. The standard InChI is InChI=1S/C19H30N2O2/c1-3-23-18-8-6-16(7-9-18)5-4-12-20-19(22)15-17-10-13-21(2)14-11-17/h6-9,17H,3-5,10-15H2,1-2H3,(H,20,22). The molecular formula is C19H30N2O2. The van der Waals surface area contributed by atoms with Crippen molar-refractivity contribution in [2.45, 2.75) is 39.0 Å². The number of ether oxygens (including phenoxy) is 1. The van der Waals surface area contributed by atoms with Crippen LogP contribution in [0.1, 0.15) is 38.2 Å². The van der Waals surface area contributed by atoms with Crippen LogP contribution in [-0.4, -0.2) is 44.1 Å². The van der Waals surface area contributed by atoms with Gasteiger partial charge in [0.25, 0.3) is 0 Å². The Morgan fingerprint density at radius 3 is 2.61 bits per heavy atom. The first kappa shape index (κ1) is 17.8. The van der Waals surface area contributed by atoms with Crippen molar-refractivity contribution in [3.63, 3.8) is 0 Å². The van der Waals surface area contributed by atoms with Gasteiger partial charge in [-0.15, -0.1) is 0 Å². The Morgan fingerprint density at radius 2 is 1.96 bits per heavy atom. The first-order chi connectivity index (χ1) is 11.2. The van der Waals surface area contributed by atoms with Crippen LogP contribution in [0.2, 0.25) is 0 Å². The molecule has 0 unspecified atom stereocenters. The van der Waals surface area contributed by atoms with E-state index in [-0.39, 0.29) is 5.91 Å². The van der Waals surface area contributed by atoms with E-state index in [4.69, 9.17) is 4.74 Å². The van der Waals surface area contributed by atoms with Crippen molar-refractivity contribution >= 4 is 5.91 Å². The van der Waals surface area contributed by atoms with Crippen LogP contribution in [0.15, 0.2) is 24.3 Å². The molecule has 1 fully saturated rings. The van der Waals surface area contributed by atoms with Gasteiger partial charge in [0, 0.05) is 13.0 Å². The van der Waals surface area contributed by atoms with E-state index in [1.165, 1.54) is 5.56 Å². The first-order valence-electron chi connectivity index (χ1n) is 8.84. The average molecular weight is 318 g/mol. The molecule has 4 nitrogen and oxygen atoms in total. The van der Waals surface area contributed by atoms with Gasteiger partial charge in [0.15, 0.2) is 0 Å². The molecule has 4 heteroatoms. The molecule has 2 rings (SSSR count). The van der Waals surface area contributed by atoms with Gasteiger partial charge in [-0.25, -0.2) is 0 Å². The second-order valence-corrected chi connectivity index (χ2v) is 6.48. The fourth-order valence-electron chi connectivity index (χ4n) is 3.04. The zero-order valence-electron chi connectivity index (χ0n) is 14.5. The van der Waals surface area contributed by atoms with Gasteiger partial charge in [-0.05, 0) is 76.4 Å². The fourth-order valence-corrected chi connectivity index (χ4v) is 3.04. The molecule has 128 valence electrons. The van der Waals surface area contributed by atoms with Crippen molar-refractivity contribution < 1.29 is 9.53 Å². The molecule has 1 saturated heterocycles. The molecule has 0 bridgehead atoms. The minimum Gasteiger partial charge on any atom is -0.494 e. The Kier molecular flexibility index (Phi) is 7.40. The van der Waals surface area contributed by atoms with E-state index in [1.54, 1.807) is 0 Å². The zero-order valence-corrected chi connectivity index (χ0v) is 14.5. The number of rotatable bonds is 8. The summed E-state index contributed by atoms with van der Waals surface area (Å²) in [5.74, 6) is 1.70. The number of carbonyl (C=O) groups is 1. The van der Waals surface area contributed by atoms with Crippen molar-refractivity contribution in [1.29, 1.82) is 0 Å². The highest BCUT2D eigenvalue weighted by Gasteiger charge is 2.19. The summed E-state index contributed by atoms with van der Waals surface area (Å²) in [4.78, 5) is 14.3. The lowest BCUT2D eigenvalue weighted by Gasteiger charge is -2.28. The normalized spacial score (nSPS) is 16.3. The number of amides is 1. The van der Waals surface area contributed by atoms with Crippen LogP contribution >= 0.6 is 0 Å². The molecule has 0 atom stereocenters. The monoisotopic (exact) mass is 318 g/mol. The Morgan fingerprint density at radius 1 is 1.26 bits per heavy atom. The highest BCUT2D eigenvalue weighted by Crippen LogP contribution is 2.19. The first-order valence-corrected chi connectivity index (χ1v) is 8.84. The highest BCUT2D eigenvalue weighted by molar-refractivity contribution is 5.76. The number of nitrogens with zero attached hydrogens (tertiary/aromatic N) is 1. The van der Waals surface area contributed by atoms with Crippen LogP contribution in [0.5, 0.6) is 5.75 Å². The summed E-state index contributed by atoms with van der Waals surface area (Å²) in [6, 6.07) is 8.23. The smallest absolute Gasteiger partial charge is 0.220 e. The molecule has 0 radical (unpaired) electrons. The quantitative estimate of drug-likeness (QED) is 0.749. The van der Waals surface area contributed by atoms with Crippen LogP contribution in [0.3, 0.4) is 0 Å².